The van der Waals surface area contributed by atoms with E-state index in [1.165, 1.54) is 6.42 Å². The van der Waals surface area contributed by atoms with E-state index in [9.17, 15) is 4.79 Å². The van der Waals surface area contributed by atoms with E-state index >= 15 is 0 Å². The van der Waals surface area contributed by atoms with Crippen LogP contribution in [0.1, 0.15) is 30.4 Å². The molecule has 4 nitrogen and oxygen atoms in total. The van der Waals surface area contributed by atoms with Crippen LogP contribution in [-0.4, -0.2) is 41.7 Å². The molecule has 0 bridgehead atoms. The minimum atomic E-state index is -0.0794. The molecule has 1 aromatic rings. The van der Waals surface area contributed by atoms with Gasteiger partial charge in [-0.25, -0.2) is 0 Å². The van der Waals surface area contributed by atoms with Crippen molar-refractivity contribution in [2.24, 2.45) is 0 Å². The van der Waals surface area contributed by atoms with Crippen molar-refractivity contribution in [1.29, 1.82) is 0 Å². The molecule has 0 saturated heterocycles. The van der Waals surface area contributed by atoms with Gasteiger partial charge in [0.1, 0.15) is 0 Å². The fourth-order valence-electron chi connectivity index (χ4n) is 2.71. The van der Waals surface area contributed by atoms with Gasteiger partial charge in [-0.05, 0) is 43.9 Å². The van der Waals surface area contributed by atoms with Crippen molar-refractivity contribution in [2.45, 2.75) is 39.2 Å². The van der Waals surface area contributed by atoms with E-state index in [2.05, 4.69) is 10.2 Å². The Labute approximate surface area is 131 Å². The van der Waals surface area contributed by atoms with Crippen LogP contribution in [0.5, 0.6) is 0 Å². The molecule has 21 heavy (non-hydrogen) atoms. The number of aliphatic hydroxyl groups is 1. The Morgan fingerprint density at radius 1 is 1.43 bits per heavy atom. The van der Waals surface area contributed by atoms with Gasteiger partial charge in [-0.15, -0.1) is 0 Å². The predicted octanol–water partition coefficient (Wildman–Crippen LogP) is 2.74. The zero-order valence-corrected chi connectivity index (χ0v) is 13.4. The number of anilines is 1. The van der Waals surface area contributed by atoms with Gasteiger partial charge in [-0.1, -0.05) is 24.1 Å². The Hall–Kier alpha value is -1.10. The standard InChI is InChI=1S/C16H23ClN2O2/c1-11-8-12(2)16(14(17)9-11)18-15(21)10-19(6-7-20)13-4-3-5-13/h8-9,13,20H,3-7,10H2,1-2H3,(H,18,21). The Balaban J connectivity index is 2.00. The summed E-state index contributed by atoms with van der Waals surface area (Å²) in [6.07, 6.45) is 3.42. The second-order valence-corrected chi connectivity index (χ2v) is 6.17. The second kappa shape index (κ2) is 7.25. The van der Waals surface area contributed by atoms with Crippen LogP contribution < -0.4 is 5.32 Å². The van der Waals surface area contributed by atoms with Crippen LogP contribution in [-0.2, 0) is 4.79 Å². The first-order valence-electron chi connectivity index (χ1n) is 7.42. The number of nitrogens with zero attached hydrogens (tertiary/aromatic N) is 1. The van der Waals surface area contributed by atoms with E-state index in [0.717, 1.165) is 24.0 Å². The highest BCUT2D eigenvalue weighted by Crippen LogP contribution is 2.28. The summed E-state index contributed by atoms with van der Waals surface area (Å²) in [6.45, 7) is 4.83. The lowest BCUT2D eigenvalue weighted by molar-refractivity contribution is -0.118. The summed E-state index contributed by atoms with van der Waals surface area (Å²) in [5, 5.41) is 12.6. The van der Waals surface area contributed by atoms with Gasteiger partial charge >= 0.3 is 0 Å². The molecule has 0 aromatic heterocycles. The lowest BCUT2D eigenvalue weighted by atomic mass is 9.91. The van der Waals surface area contributed by atoms with Crippen LogP contribution in [0.2, 0.25) is 5.02 Å². The van der Waals surface area contributed by atoms with Crippen LogP contribution >= 0.6 is 11.6 Å². The molecule has 0 radical (unpaired) electrons. The molecule has 1 saturated carbocycles. The summed E-state index contributed by atoms with van der Waals surface area (Å²) >= 11 is 6.21. The van der Waals surface area contributed by atoms with Crippen molar-refractivity contribution in [3.05, 3.63) is 28.3 Å². The van der Waals surface area contributed by atoms with Crippen molar-refractivity contribution in [2.75, 3.05) is 25.0 Å². The molecular weight excluding hydrogens is 288 g/mol. The van der Waals surface area contributed by atoms with E-state index in [0.29, 0.717) is 29.8 Å². The molecule has 0 heterocycles. The molecule has 1 aromatic carbocycles. The summed E-state index contributed by atoms with van der Waals surface area (Å²) in [6, 6.07) is 4.28. The average Bonchev–Trinajstić information content (AvgIpc) is 2.31. The highest BCUT2D eigenvalue weighted by molar-refractivity contribution is 6.34. The van der Waals surface area contributed by atoms with E-state index < -0.39 is 0 Å². The Morgan fingerprint density at radius 3 is 2.67 bits per heavy atom. The molecule has 1 aliphatic carbocycles. The number of benzene rings is 1. The molecule has 0 unspecified atom stereocenters. The third-order valence-corrected chi connectivity index (χ3v) is 4.32. The van der Waals surface area contributed by atoms with Crippen molar-refractivity contribution in [1.82, 2.24) is 4.90 Å². The predicted molar refractivity (Wildman–Crippen MR) is 85.9 cm³/mol. The van der Waals surface area contributed by atoms with Gasteiger partial charge < -0.3 is 10.4 Å². The lowest BCUT2D eigenvalue weighted by Gasteiger charge is -2.36. The van der Waals surface area contributed by atoms with Crippen molar-refractivity contribution >= 4 is 23.2 Å². The van der Waals surface area contributed by atoms with Crippen molar-refractivity contribution in [3.8, 4) is 0 Å². The molecular formula is C16H23ClN2O2. The molecule has 116 valence electrons. The van der Waals surface area contributed by atoms with Crippen molar-refractivity contribution in [3.63, 3.8) is 0 Å². The first-order chi connectivity index (χ1) is 10.0. The van der Waals surface area contributed by atoms with Gasteiger partial charge in [0.25, 0.3) is 0 Å². The van der Waals surface area contributed by atoms with Gasteiger partial charge in [0.2, 0.25) is 5.91 Å². The van der Waals surface area contributed by atoms with Gasteiger partial charge in [0, 0.05) is 12.6 Å². The molecule has 1 fully saturated rings. The summed E-state index contributed by atoms with van der Waals surface area (Å²) in [5.41, 5.74) is 2.72. The lowest BCUT2D eigenvalue weighted by Crippen LogP contribution is -2.45. The number of nitrogens with one attached hydrogen (secondary N) is 1. The smallest absolute Gasteiger partial charge is 0.238 e. The fourth-order valence-corrected chi connectivity index (χ4v) is 3.08. The van der Waals surface area contributed by atoms with Crippen LogP contribution in [0.3, 0.4) is 0 Å². The zero-order valence-electron chi connectivity index (χ0n) is 12.7. The summed E-state index contributed by atoms with van der Waals surface area (Å²) in [5.74, 6) is -0.0794. The molecule has 1 amide bonds. The molecule has 5 heteroatoms. The highest BCUT2D eigenvalue weighted by Gasteiger charge is 2.26. The molecule has 2 rings (SSSR count). The monoisotopic (exact) mass is 310 g/mol. The fraction of sp³-hybridized carbons (Fsp3) is 0.562. The summed E-state index contributed by atoms with van der Waals surface area (Å²) in [7, 11) is 0. The zero-order chi connectivity index (χ0) is 15.4. The maximum Gasteiger partial charge on any atom is 0.238 e. The molecule has 2 N–H and O–H groups in total. The van der Waals surface area contributed by atoms with Gasteiger partial charge in [-0.3, -0.25) is 9.69 Å². The summed E-state index contributed by atoms with van der Waals surface area (Å²) < 4.78 is 0. The van der Waals surface area contributed by atoms with E-state index in [1.54, 1.807) is 0 Å². The first-order valence-corrected chi connectivity index (χ1v) is 7.80. The molecule has 0 aliphatic heterocycles. The maximum absolute atomic E-state index is 12.2. The largest absolute Gasteiger partial charge is 0.395 e. The molecule has 1 aliphatic rings. The maximum atomic E-state index is 12.2. The third-order valence-electron chi connectivity index (χ3n) is 4.02. The van der Waals surface area contributed by atoms with E-state index in [-0.39, 0.29) is 12.5 Å². The Bertz CT molecular complexity index is 492. The minimum absolute atomic E-state index is 0.0775. The average molecular weight is 311 g/mol. The Kier molecular flexibility index (Phi) is 5.62. The number of carbonyl (C=O) groups is 1. The third kappa shape index (κ3) is 4.19. The number of rotatable bonds is 6. The number of hydrogen-bond donors (Lipinski definition) is 2. The highest BCUT2D eigenvalue weighted by atomic mass is 35.5. The van der Waals surface area contributed by atoms with Gasteiger partial charge in [0.05, 0.1) is 23.9 Å². The second-order valence-electron chi connectivity index (χ2n) is 5.77. The normalized spacial score (nSPS) is 15.1. The number of amides is 1. The number of aliphatic hydroxyl groups excluding tert-OH is 1. The van der Waals surface area contributed by atoms with Gasteiger partial charge in [-0.2, -0.15) is 0 Å². The minimum Gasteiger partial charge on any atom is -0.395 e. The van der Waals surface area contributed by atoms with Crippen molar-refractivity contribution < 1.29 is 9.90 Å². The molecule has 0 spiro atoms. The molecule has 0 atom stereocenters. The number of aryl methyl sites for hydroxylation is 2. The number of carbonyl (C=O) groups excluding carboxylic acids is 1. The number of hydrogen-bond acceptors (Lipinski definition) is 3. The van der Waals surface area contributed by atoms with Crippen LogP contribution in [0.4, 0.5) is 5.69 Å². The Morgan fingerprint density at radius 2 is 2.14 bits per heavy atom. The topological polar surface area (TPSA) is 52.6 Å². The number of halogens is 1. The quantitative estimate of drug-likeness (QED) is 0.849. The van der Waals surface area contributed by atoms with Crippen LogP contribution in [0, 0.1) is 13.8 Å². The summed E-state index contributed by atoms with van der Waals surface area (Å²) in [4.78, 5) is 14.3. The van der Waals surface area contributed by atoms with Gasteiger partial charge in [0.15, 0.2) is 0 Å². The SMILES string of the molecule is Cc1cc(C)c(NC(=O)CN(CCO)C2CCC2)c(Cl)c1. The van der Waals surface area contributed by atoms with E-state index in [1.807, 2.05) is 26.0 Å². The van der Waals surface area contributed by atoms with E-state index in [4.69, 9.17) is 16.7 Å². The van der Waals surface area contributed by atoms with Crippen LogP contribution in [0.15, 0.2) is 12.1 Å². The first kappa shape index (κ1) is 16.3. The van der Waals surface area contributed by atoms with Crippen LogP contribution in [0.25, 0.3) is 0 Å².